The highest BCUT2D eigenvalue weighted by Gasteiger charge is 2.16. The molecule has 1 N–H and O–H groups in total. The fraction of sp³-hybridized carbons (Fsp3) is 0.143. The number of hydrogen-bond acceptors (Lipinski definition) is 3. The average Bonchev–Trinajstić information content (AvgIpc) is 2.08. The maximum Gasteiger partial charge on any atom is 0.378 e. The minimum Gasteiger partial charge on any atom is -0.476 e. The molecule has 1 atom stereocenters. The van der Waals surface area contributed by atoms with Gasteiger partial charge in [-0.15, -0.1) is 0 Å². The van der Waals surface area contributed by atoms with E-state index in [9.17, 15) is 9.18 Å². The molecule has 0 radical (unpaired) electrons. The van der Waals surface area contributed by atoms with Crippen molar-refractivity contribution in [1.82, 2.24) is 4.98 Å². The number of aromatic nitrogens is 1. The largest absolute Gasteiger partial charge is 0.476 e. The van der Waals surface area contributed by atoms with Crippen LogP contribution in [0.5, 0.6) is 5.75 Å². The zero-order chi connectivity index (χ0) is 9.84. The molecule has 70 valence electrons. The highest BCUT2D eigenvalue weighted by atomic mass is 35.5. The Kier molecular flexibility index (Phi) is 3.02. The van der Waals surface area contributed by atoms with E-state index in [1.54, 1.807) is 0 Å². The number of ether oxygens (including phenoxy) is 1. The van der Waals surface area contributed by atoms with Crippen LogP contribution in [0.25, 0.3) is 0 Å². The van der Waals surface area contributed by atoms with Gasteiger partial charge < -0.3 is 9.84 Å². The van der Waals surface area contributed by atoms with Crippen molar-refractivity contribution < 1.29 is 19.0 Å². The molecule has 6 heteroatoms. The van der Waals surface area contributed by atoms with Gasteiger partial charge in [0.2, 0.25) is 0 Å². The lowest BCUT2D eigenvalue weighted by molar-refractivity contribution is -0.153. The molecule has 0 bridgehead atoms. The van der Waals surface area contributed by atoms with Crippen LogP contribution < -0.4 is 4.74 Å². The Morgan fingerprint density at radius 3 is 2.85 bits per heavy atom. The van der Waals surface area contributed by atoms with E-state index in [1.165, 1.54) is 12.1 Å². The van der Waals surface area contributed by atoms with Crippen molar-refractivity contribution in [3.8, 4) is 5.75 Å². The summed E-state index contributed by atoms with van der Waals surface area (Å²) in [6, 6.07) is 2.69. The third-order valence-electron chi connectivity index (χ3n) is 1.13. The number of carbonyl (C=O) groups is 1. The smallest absolute Gasteiger partial charge is 0.378 e. The molecule has 1 aromatic rings. The lowest BCUT2D eigenvalue weighted by Crippen LogP contribution is -2.21. The molecule has 0 aromatic carbocycles. The maximum atomic E-state index is 12.4. The Labute approximate surface area is 77.9 Å². The van der Waals surface area contributed by atoms with Crippen molar-refractivity contribution in [2.24, 2.45) is 0 Å². The molecule has 0 aliphatic carbocycles. The second-order valence-corrected chi connectivity index (χ2v) is 2.48. The van der Waals surface area contributed by atoms with Gasteiger partial charge in [0.15, 0.2) is 0 Å². The number of pyridine rings is 1. The summed E-state index contributed by atoms with van der Waals surface area (Å²) >= 11 is 5.43. The van der Waals surface area contributed by atoms with E-state index in [0.717, 1.165) is 6.20 Å². The first-order valence-electron chi connectivity index (χ1n) is 3.24. The van der Waals surface area contributed by atoms with Crippen LogP contribution in [-0.4, -0.2) is 22.4 Å². The van der Waals surface area contributed by atoms with E-state index in [1.807, 2.05) is 0 Å². The second kappa shape index (κ2) is 4.04. The van der Waals surface area contributed by atoms with E-state index in [2.05, 4.69) is 9.72 Å². The normalized spacial score (nSPS) is 12.2. The van der Waals surface area contributed by atoms with Gasteiger partial charge in [0.1, 0.15) is 10.9 Å². The number of carboxylic acid groups (broad SMARTS) is 1. The Bertz CT molecular complexity index is 303. The topological polar surface area (TPSA) is 59.4 Å². The summed E-state index contributed by atoms with van der Waals surface area (Å²) in [7, 11) is 0. The molecule has 0 spiro atoms. The van der Waals surface area contributed by atoms with Gasteiger partial charge in [-0.05, 0) is 12.1 Å². The zero-order valence-corrected chi connectivity index (χ0v) is 7.03. The van der Waals surface area contributed by atoms with Gasteiger partial charge in [-0.1, -0.05) is 11.6 Å². The number of nitrogens with zero attached hydrogens (tertiary/aromatic N) is 1. The number of carboxylic acids is 1. The molecule has 0 aliphatic rings. The first-order valence-corrected chi connectivity index (χ1v) is 3.62. The monoisotopic (exact) mass is 205 g/mol. The first-order chi connectivity index (χ1) is 6.09. The predicted molar refractivity (Wildman–Crippen MR) is 42.4 cm³/mol. The van der Waals surface area contributed by atoms with Crippen LogP contribution in [0.3, 0.4) is 0 Å². The molecule has 1 aromatic heterocycles. The maximum absolute atomic E-state index is 12.4. The zero-order valence-electron chi connectivity index (χ0n) is 6.28. The quantitative estimate of drug-likeness (QED) is 0.760. The molecule has 13 heavy (non-hydrogen) atoms. The lowest BCUT2D eigenvalue weighted by atomic mass is 10.5. The van der Waals surface area contributed by atoms with Crippen LogP contribution in [0.1, 0.15) is 0 Å². The summed E-state index contributed by atoms with van der Waals surface area (Å²) in [6.07, 6.45) is -1.25. The van der Waals surface area contributed by atoms with Gasteiger partial charge in [-0.2, -0.15) is 4.39 Å². The van der Waals surface area contributed by atoms with Gasteiger partial charge in [0.05, 0.1) is 6.20 Å². The molecule has 1 unspecified atom stereocenters. The van der Waals surface area contributed by atoms with Crippen molar-refractivity contribution in [3.05, 3.63) is 23.5 Å². The number of alkyl halides is 1. The van der Waals surface area contributed by atoms with E-state index in [4.69, 9.17) is 16.7 Å². The van der Waals surface area contributed by atoms with Gasteiger partial charge in [0.25, 0.3) is 0 Å². The Morgan fingerprint density at radius 1 is 1.69 bits per heavy atom. The highest BCUT2D eigenvalue weighted by molar-refractivity contribution is 6.29. The highest BCUT2D eigenvalue weighted by Crippen LogP contribution is 2.13. The van der Waals surface area contributed by atoms with Crippen molar-refractivity contribution >= 4 is 17.6 Å². The number of aliphatic carboxylic acids is 1. The SMILES string of the molecule is O=C(O)C(F)Oc1ccc(Cl)nc1. The average molecular weight is 206 g/mol. The van der Waals surface area contributed by atoms with E-state index < -0.39 is 12.3 Å². The Hall–Kier alpha value is -1.36. The summed E-state index contributed by atoms with van der Waals surface area (Å²) < 4.78 is 16.8. The van der Waals surface area contributed by atoms with Crippen LogP contribution in [0.4, 0.5) is 4.39 Å². The van der Waals surface area contributed by atoms with Crippen LogP contribution in [0, 0.1) is 0 Å². The summed E-state index contributed by atoms with van der Waals surface area (Å²) in [5, 5.41) is 8.37. The van der Waals surface area contributed by atoms with Crippen molar-refractivity contribution in [1.29, 1.82) is 0 Å². The van der Waals surface area contributed by atoms with Crippen LogP contribution >= 0.6 is 11.6 Å². The van der Waals surface area contributed by atoms with Gasteiger partial charge in [-0.3, -0.25) is 0 Å². The number of rotatable bonds is 3. The molecule has 1 heterocycles. The van der Waals surface area contributed by atoms with E-state index in [-0.39, 0.29) is 10.9 Å². The van der Waals surface area contributed by atoms with Crippen molar-refractivity contribution in [3.63, 3.8) is 0 Å². The molecule has 1 rings (SSSR count). The molecular weight excluding hydrogens is 201 g/mol. The summed E-state index contributed by atoms with van der Waals surface area (Å²) in [5.74, 6) is -1.67. The Balaban J connectivity index is 2.64. The Morgan fingerprint density at radius 2 is 2.38 bits per heavy atom. The second-order valence-electron chi connectivity index (χ2n) is 2.09. The minimum atomic E-state index is -2.39. The van der Waals surface area contributed by atoms with Crippen molar-refractivity contribution in [2.75, 3.05) is 0 Å². The standard InChI is InChI=1S/C7H5ClFNO3/c8-5-2-1-4(3-10-5)13-6(9)7(11)12/h1-3,6H,(H,11,12). The predicted octanol–water partition coefficient (Wildman–Crippen LogP) is 1.49. The van der Waals surface area contributed by atoms with Crippen molar-refractivity contribution in [2.45, 2.75) is 6.36 Å². The first kappa shape index (κ1) is 9.73. The third-order valence-corrected chi connectivity index (χ3v) is 1.36. The molecular formula is C7H5ClFNO3. The van der Waals surface area contributed by atoms with Crippen LogP contribution in [0.2, 0.25) is 5.15 Å². The number of hydrogen-bond donors (Lipinski definition) is 1. The molecule has 0 fully saturated rings. The minimum absolute atomic E-state index is 0.0132. The molecule has 0 saturated heterocycles. The number of halogens is 2. The van der Waals surface area contributed by atoms with Crippen LogP contribution in [0.15, 0.2) is 18.3 Å². The molecule has 4 nitrogen and oxygen atoms in total. The van der Waals surface area contributed by atoms with Gasteiger partial charge in [-0.25, -0.2) is 9.78 Å². The fourth-order valence-electron chi connectivity index (χ4n) is 0.602. The third kappa shape index (κ3) is 2.87. The van der Waals surface area contributed by atoms with Gasteiger partial charge >= 0.3 is 12.3 Å². The molecule has 0 saturated carbocycles. The van der Waals surface area contributed by atoms with Gasteiger partial charge in [0, 0.05) is 0 Å². The van der Waals surface area contributed by atoms with E-state index >= 15 is 0 Å². The molecule has 0 amide bonds. The van der Waals surface area contributed by atoms with Crippen LogP contribution in [-0.2, 0) is 4.79 Å². The summed E-state index contributed by atoms with van der Waals surface area (Å²) in [6.45, 7) is 0. The fourth-order valence-corrected chi connectivity index (χ4v) is 0.714. The summed E-state index contributed by atoms with van der Waals surface area (Å²) in [4.78, 5) is 13.6. The molecule has 0 aliphatic heterocycles. The van der Waals surface area contributed by atoms with E-state index in [0.29, 0.717) is 0 Å². The lowest BCUT2D eigenvalue weighted by Gasteiger charge is -2.05. The summed E-state index contributed by atoms with van der Waals surface area (Å²) in [5.41, 5.74) is 0.